The average Bonchev–Trinajstić information content (AvgIpc) is 3.72. The molecule has 0 bridgehead atoms. The molecule has 1 unspecified atom stereocenters. The van der Waals surface area contributed by atoms with E-state index >= 15 is 4.39 Å². The molecule has 8 nitrogen and oxygen atoms in total. The zero-order valence-corrected chi connectivity index (χ0v) is 23.2. The van der Waals surface area contributed by atoms with Gasteiger partial charge in [-0.2, -0.15) is 5.26 Å². The number of carbonyl (C=O) groups is 2. The lowest BCUT2D eigenvalue weighted by atomic mass is 9.91. The van der Waals surface area contributed by atoms with Crippen LogP contribution in [0.4, 0.5) is 18.9 Å². The molecule has 0 radical (unpaired) electrons. The number of rotatable bonds is 8. The first-order valence-electron chi connectivity index (χ1n) is 14.0. The summed E-state index contributed by atoms with van der Waals surface area (Å²) in [6.07, 6.45) is 6.18. The second-order valence-electron chi connectivity index (χ2n) is 11.3. The van der Waals surface area contributed by atoms with Gasteiger partial charge in [-0.3, -0.25) is 24.4 Å². The normalized spacial score (nSPS) is 23.1. The van der Waals surface area contributed by atoms with Crippen LogP contribution in [0.15, 0.2) is 36.7 Å². The molecule has 3 atom stereocenters. The van der Waals surface area contributed by atoms with E-state index in [1.54, 1.807) is 25.3 Å². The number of hydrogen-bond donors (Lipinski definition) is 1. The van der Waals surface area contributed by atoms with Crippen LogP contribution >= 0.6 is 0 Å². The summed E-state index contributed by atoms with van der Waals surface area (Å²) in [5.41, 5.74) is 1.73. The maximum Gasteiger partial charge on any atom is 0.251 e. The molecule has 41 heavy (non-hydrogen) atoms. The van der Waals surface area contributed by atoms with Crippen LogP contribution in [0.5, 0.6) is 0 Å². The fraction of sp³-hybridized carbons (Fsp3) is 0.533. The summed E-state index contributed by atoms with van der Waals surface area (Å²) < 4.78 is 49.0. The van der Waals surface area contributed by atoms with Crippen molar-refractivity contribution in [3.05, 3.63) is 59.2 Å². The Hall–Kier alpha value is -3.65. The molecule has 1 aromatic carbocycles. The van der Waals surface area contributed by atoms with E-state index in [0.29, 0.717) is 11.1 Å². The molecule has 1 saturated heterocycles. The third kappa shape index (κ3) is 6.17. The molecule has 218 valence electrons. The number of carbonyl (C=O) groups excluding carboxylic acids is 2. The van der Waals surface area contributed by atoms with E-state index in [1.165, 1.54) is 30.3 Å². The van der Waals surface area contributed by atoms with Crippen LogP contribution in [-0.4, -0.2) is 59.5 Å². The van der Waals surface area contributed by atoms with E-state index in [0.717, 1.165) is 23.3 Å². The van der Waals surface area contributed by atoms with Crippen molar-refractivity contribution in [1.82, 2.24) is 15.2 Å². The van der Waals surface area contributed by atoms with Crippen molar-refractivity contribution in [3.8, 4) is 6.19 Å². The molecule has 1 N–H and O–H groups in total. The van der Waals surface area contributed by atoms with Gasteiger partial charge < -0.3 is 10.1 Å². The Balaban J connectivity index is 1.58. The third-order valence-corrected chi connectivity index (χ3v) is 8.47. The van der Waals surface area contributed by atoms with E-state index in [1.807, 2.05) is 6.19 Å². The van der Waals surface area contributed by atoms with Gasteiger partial charge in [0, 0.05) is 50.4 Å². The highest BCUT2D eigenvalue weighted by Gasteiger charge is 2.45. The second-order valence-corrected chi connectivity index (χ2v) is 11.3. The lowest BCUT2D eigenvalue weighted by Gasteiger charge is -2.36. The van der Waals surface area contributed by atoms with Crippen molar-refractivity contribution in [2.45, 2.75) is 87.9 Å². The summed E-state index contributed by atoms with van der Waals surface area (Å²) in [4.78, 5) is 35.0. The van der Waals surface area contributed by atoms with Crippen molar-refractivity contribution in [2.75, 3.05) is 18.6 Å². The van der Waals surface area contributed by atoms with Gasteiger partial charge in [-0.15, -0.1) is 0 Å². The summed E-state index contributed by atoms with van der Waals surface area (Å²) in [6, 6.07) is 3.48. The Morgan fingerprint density at radius 2 is 1.95 bits per heavy atom. The lowest BCUT2D eigenvalue weighted by molar-refractivity contribution is -0.129. The van der Waals surface area contributed by atoms with E-state index in [2.05, 4.69) is 10.3 Å². The largest absolute Gasteiger partial charge is 0.379 e. The fourth-order valence-corrected chi connectivity index (χ4v) is 5.87. The number of nitrogens with one attached hydrogen (secondary N) is 1. The fourth-order valence-electron chi connectivity index (χ4n) is 5.87. The Kier molecular flexibility index (Phi) is 8.23. The predicted molar refractivity (Wildman–Crippen MR) is 144 cm³/mol. The molecule has 1 aromatic heterocycles. The number of amides is 2. The van der Waals surface area contributed by atoms with Gasteiger partial charge in [0.05, 0.1) is 18.3 Å². The molecule has 1 aliphatic heterocycles. The smallest absolute Gasteiger partial charge is 0.251 e. The van der Waals surface area contributed by atoms with Crippen molar-refractivity contribution in [3.63, 3.8) is 0 Å². The number of nitriles is 1. The van der Waals surface area contributed by atoms with Gasteiger partial charge in [0.2, 0.25) is 11.8 Å². The summed E-state index contributed by atoms with van der Waals surface area (Å²) in [5.74, 6) is -4.44. The molecule has 2 heterocycles. The molecule has 3 fully saturated rings. The number of likely N-dealkylation sites (tertiary alicyclic amines) is 1. The minimum Gasteiger partial charge on any atom is -0.379 e. The number of methoxy groups -OCH3 is 1. The highest BCUT2D eigenvalue weighted by Crippen LogP contribution is 2.42. The second kappa shape index (κ2) is 11.7. The van der Waals surface area contributed by atoms with Gasteiger partial charge in [-0.25, -0.2) is 13.2 Å². The molecule has 0 spiro atoms. The Morgan fingerprint density at radius 3 is 2.56 bits per heavy atom. The van der Waals surface area contributed by atoms with Gasteiger partial charge >= 0.3 is 0 Å². The number of ether oxygens (including phenoxy) is 1. The van der Waals surface area contributed by atoms with Gasteiger partial charge in [0.25, 0.3) is 5.91 Å². The Labute approximate surface area is 237 Å². The van der Waals surface area contributed by atoms with Crippen LogP contribution < -0.4 is 10.2 Å². The van der Waals surface area contributed by atoms with Crippen molar-refractivity contribution < 1.29 is 27.5 Å². The van der Waals surface area contributed by atoms with Crippen molar-refractivity contribution in [1.29, 1.82) is 5.26 Å². The summed E-state index contributed by atoms with van der Waals surface area (Å²) in [5, 5.41) is 12.7. The quantitative estimate of drug-likeness (QED) is 0.461. The van der Waals surface area contributed by atoms with Crippen molar-refractivity contribution in [2.24, 2.45) is 0 Å². The van der Waals surface area contributed by atoms with E-state index < -0.39 is 47.8 Å². The molecule has 11 heteroatoms. The first-order valence-corrected chi connectivity index (χ1v) is 14.0. The SMILES string of the molecule is CO[C@@H]1C[C@H](C(=O)N(c2ccc(C3CC3)cc2F)C(C(=O)NC2CCC(F)(F)CC2)c2cnccc2C)N(C#N)C1. The van der Waals surface area contributed by atoms with Gasteiger partial charge in [0.15, 0.2) is 6.19 Å². The van der Waals surface area contributed by atoms with E-state index in [-0.39, 0.29) is 50.3 Å². The monoisotopic (exact) mass is 569 g/mol. The minimum absolute atomic E-state index is 0.0796. The van der Waals surface area contributed by atoms with Crippen LogP contribution in [0.25, 0.3) is 0 Å². The Morgan fingerprint density at radius 1 is 1.22 bits per heavy atom. The van der Waals surface area contributed by atoms with Crippen LogP contribution in [0, 0.1) is 24.2 Å². The zero-order chi connectivity index (χ0) is 29.3. The van der Waals surface area contributed by atoms with Crippen LogP contribution in [0.3, 0.4) is 0 Å². The first kappa shape index (κ1) is 28.9. The molecular weight excluding hydrogens is 535 g/mol. The number of benzene rings is 1. The molecule has 2 aromatic rings. The molecule has 2 amide bonds. The third-order valence-electron chi connectivity index (χ3n) is 8.47. The van der Waals surface area contributed by atoms with E-state index in [9.17, 15) is 23.6 Å². The number of pyridine rings is 1. The highest BCUT2D eigenvalue weighted by atomic mass is 19.3. The molecule has 5 rings (SSSR count). The summed E-state index contributed by atoms with van der Waals surface area (Å²) in [6.45, 7) is 1.94. The molecule has 3 aliphatic rings. The number of aromatic nitrogens is 1. The molecule has 2 aliphatic carbocycles. The first-order chi connectivity index (χ1) is 19.6. The van der Waals surface area contributed by atoms with E-state index in [4.69, 9.17) is 4.74 Å². The predicted octanol–water partition coefficient (Wildman–Crippen LogP) is 4.75. The summed E-state index contributed by atoms with van der Waals surface area (Å²) in [7, 11) is 1.49. The number of nitrogens with zero attached hydrogens (tertiary/aromatic N) is 4. The maximum atomic E-state index is 15.9. The zero-order valence-electron chi connectivity index (χ0n) is 23.2. The number of hydrogen-bond acceptors (Lipinski definition) is 6. The van der Waals surface area contributed by atoms with Gasteiger partial charge in [0.1, 0.15) is 17.9 Å². The van der Waals surface area contributed by atoms with Crippen LogP contribution in [0.2, 0.25) is 0 Å². The topological polar surface area (TPSA) is 98.6 Å². The number of halogens is 3. The maximum absolute atomic E-state index is 15.9. The summed E-state index contributed by atoms with van der Waals surface area (Å²) >= 11 is 0. The Bertz CT molecular complexity index is 1330. The van der Waals surface area contributed by atoms with Gasteiger partial charge in [-0.05, 0) is 67.9 Å². The molecular formula is C30H34F3N5O3. The minimum atomic E-state index is -2.78. The van der Waals surface area contributed by atoms with Crippen LogP contribution in [-0.2, 0) is 14.3 Å². The number of aryl methyl sites for hydroxylation is 1. The molecule has 2 saturated carbocycles. The number of anilines is 1. The van der Waals surface area contributed by atoms with Gasteiger partial charge in [-0.1, -0.05) is 6.07 Å². The highest BCUT2D eigenvalue weighted by molar-refractivity contribution is 6.04. The van der Waals surface area contributed by atoms with Crippen LogP contribution in [0.1, 0.15) is 73.6 Å². The van der Waals surface area contributed by atoms with Crippen molar-refractivity contribution >= 4 is 17.5 Å². The lowest BCUT2D eigenvalue weighted by Crippen LogP contribution is -2.52. The standard InChI is InChI=1S/C30H34F3N5O3/c1-18-9-12-35-15-23(18)27(28(39)36-21-7-10-30(32,33)11-8-21)38(25-6-5-20(13-24(25)31)19-3-4-19)29(40)26-14-22(41-2)16-37(26)17-34/h5-6,9,12-13,15,19,21-22,26-27H,3-4,7-8,10-11,14,16H2,1-2H3,(H,36,39)/t22-,26-,27?/m1/s1. The average molecular weight is 570 g/mol. The number of alkyl halides is 2.